The van der Waals surface area contributed by atoms with Gasteiger partial charge in [-0.25, -0.2) is 4.79 Å². The van der Waals surface area contributed by atoms with Gasteiger partial charge in [0, 0.05) is 21.3 Å². The second-order valence-electron chi connectivity index (χ2n) is 6.49. The molecule has 4 aliphatic carbocycles. The van der Waals surface area contributed by atoms with E-state index >= 15 is 0 Å². The molecule has 102 valence electrons. The number of ether oxygens (including phenoxy) is 1. The van der Waals surface area contributed by atoms with E-state index in [1.807, 2.05) is 15.9 Å². The van der Waals surface area contributed by atoms with Crippen LogP contribution in [-0.4, -0.2) is 17.4 Å². The maximum absolute atomic E-state index is 12.7. The minimum atomic E-state index is -3.55. The Labute approximate surface area is 114 Å². The van der Waals surface area contributed by atoms with Gasteiger partial charge >= 0.3 is 10.8 Å². The van der Waals surface area contributed by atoms with Crippen molar-refractivity contribution < 1.29 is 18.3 Å². The van der Waals surface area contributed by atoms with Crippen LogP contribution in [0.2, 0.25) is 0 Å². The summed E-state index contributed by atoms with van der Waals surface area (Å²) in [5.74, 6) is 0.761. The molecule has 0 saturated heterocycles. The van der Waals surface area contributed by atoms with E-state index in [1.165, 1.54) is 19.3 Å². The van der Waals surface area contributed by atoms with Gasteiger partial charge in [0.15, 0.2) is 0 Å². The Bertz CT molecular complexity index is 329. The molecule has 0 amide bonds. The SMILES string of the molecule is O=C(OCC12CC3CC(CC(C3)C1)C2)C(F)(F)Br. The quantitative estimate of drug-likeness (QED) is 0.584. The Balaban J connectivity index is 1.64. The van der Waals surface area contributed by atoms with E-state index in [0.717, 1.165) is 37.0 Å². The largest absolute Gasteiger partial charge is 0.460 e. The van der Waals surface area contributed by atoms with Gasteiger partial charge in [-0.3, -0.25) is 0 Å². The van der Waals surface area contributed by atoms with Crippen LogP contribution in [0.15, 0.2) is 0 Å². The molecule has 0 aromatic heterocycles. The molecule has 0 unspecified atom stereocenters. The average molecular weight is 323 g/mol. The Kier molecular flexibility index (Phi) is 2.96. The van der Waals surface area contributed by atoms with Crippen LogP contribution in [0.5, 0.6) is 0 Å². The van der Waals surface area contributed by atoms with E-state index in [4.69, 9.17) is 4.74 Å². The molecular weight excluding hydrogens is 306 g/mol. The van der Waals surface area contributed by atoms with Crippen LogP contribution in [0.3, 0.4) is 0 Å². The van der Waals surface area contributed by atoms with Gasteiger partial charge in [0.05, 0.1) is 6.61 Å². The maximum atomic E-state index is 12.7. The fraction of sp³-hybridized carbons (Fsp3) is 0.923. The first-order valence-corrected chi connectivity index (χ1v) is 7.40. The van der Waals surface area contributed by atoms with E-state index in [-0.39, 0.29) is 12.0 Å². The zero-order valence-electron chi connectivity index (χ0n) is 10.1. The lowest BCUT2D eigenvalue weighted by Gasteiger charge is -2.56. The van der Waals surface area contributed by atoms with Crippen molar-refractivity contribution in [2.75, 3.05) is 6.61 Å². The third-order valence-electron chi connectivity index (χ3n) is 4.91. The minimum absolute atomic E-state index is 0.00264. The van der Waals surface area contributed by atoms with E-state index < -0.39 is 10.8 Å². The first-order chi connectivity index (χ1) is 8.36. The molecular formula is C13H17BrF2O2. The molecule has 4 saturated carbocycles. The van der Waals surface area contributed by atoms with Gasteiger partial charge < -0.3 is 4.74 Å². The summed E-state index contributed by atoms with van der Waals surface area (Å²) in [6, 6.07) is 0. The minimum Gasteiger partial charge on any atom is -0.460 e. The van der Waals surface area contributed by atoms with Crippen LogP contribution in [0, 0.1) is 23.2 Å². The zero-order chi connectivity index (χ0) is 13.0. The van der Waals surface area contributed by atoms with Crippen LogP contribution < -0.4 is 0 Å². The lowest BCUT2D eigenvalue weighted by molar-refractivity contribution is -0.170. The Morgan fingerprint density at radius 3 is 2.00 bits per heavy atom. The molecule has 0 N–H and O–H groups in total. The first-order valence-electron chi connectivity index (χ1n) is 6.60. The van der Waals surface area contributed by atoms with E-state index in [2.05, 4.69) is 0 Å². The van der Waals surface area contributed by atoms with Gasteiger partial charge in [-0.15, -0.1) is 0 Å². The number of esters is 1. The van der Waals surface area contributed by atoms with Crippen LogP contribution >= 0.6 is 15.9 Å². The number of alkyl halides is 3. The highest BCUT2D eigenvalue weighted by atomic mass is 79.9. The molecule has 0 spiro atoms. The van der Waals surface area contributed by atoms with E-state index in [9.17, 15) is 13.6 Å². The van der Waals surface area contributed by atoms with Crippen molar-refractivity contribution in [1.29, 1.82) is 0 Å². The number of hydrogen-bond acceptors (Lipinski definition) is 2. The molecule has 5 heteroatoms. The summed E-state index contributed by atoms with van der Waals surface area (Å²) in [6.45, 7) is 0.177. The Morgan fingerprint density at radius 1 is 1.17 bits per heavy atom. The summed E-state index contributed by atoms with van der Waals surface area (Å²) in [7, 11) is 0. The molecule has 0 heterocycles. The summed E-state index contributed by atoms with van der Waals surface area (Å²) >= 11 is 2.05. The van der Waals surface area contributed by atoms with Crippen LogP contribution in [0.25, 0.3) is 0 Å². The van der Waals surface area contributed by atoms with Crippen molar-refractivity contribution in [3.63, 3.8) is 0 Å². The lowest BCUT2D eigenvalue weighted by Crippen LogP contribution is -2.48. The molecule has 2 nitrogen and oxygen atoms in total. The van der Waals surface area contributed by atoms with Crippen molar-refractivity contribution in [2.45, 2.75) is 43.4 Å². The molecule has 0 aromatic carbocycles. The molecule has 0 atom stereocenters. The number of hydrogen-bond donors (Lipinski definition) is 0. The number of rotatable bonds is 3. The van der Waals surface area contributed by atoms with Crippen molar-refractivity contribution >= 4 is 21.9 Å². The molecule has 18 heavy (non-hydrogen) atoms. The highest BCUT2D eigenvalue weighted by molar-refractivity contribution is 9.10. The van der Waals surface area contributed by atoms with Crippen molar-refractivity contribution in [3.05, 3.63) is 0 Å². The first kappa shape index (κ1) is 12.8. The third kappa shape index (κ3) is 2.30. The third-order valence-corrected chi connectivity index (χ3v) is 5.23. The zero-order valence-corrected chi connectivity index (χ0v) is 11.7. The molecule has 4 aliphatic rings. The van der Waals surface area contributed by atoms with Crippen molar-refractivity contribution in [2.24, 2.45) is 23.2 Å². The second kappa shape index (κ2) is 4.15. The summed E-state index contributed by atoms with van der Waals surface area (Å²) in [4.78, 5) is 7.59. The Morgan fingerprint density at radius 2 is 1.61 bits per heavy atom. The Hall–Kier alpha value is -0.190. The fourth-order valence-corrected chi connectivity index (χ4v) is 4.88. The lowest BCUT2D eigenvalue weighted by atomic mass is 9.50. The van der Waals surface area contributed by atoms with Crippen LogP contribution in [-0.2, 0) is 9.53 Å². The number of carbonyl (C=O) groups excluding carboxylic acids is 1. The highest BCUT2D eigenvalue weighted by Gasteiger charge is 2.52. The topological polar surface area (TPSA) is 26.3 Å². The summed E-state index contributed by atoms with van der Waals surface area (Å²) < 4.78 is 30.3. The summed E-state index contributed by atoms with van der Waals surface area (Å²) in [6.07, 6.45) is 7.05. The van der Waals surface area contributed by atoms with E-state index in [0.29, 0.717) is 0 Å². The van der Waals surface area contributed by atoms with Crippen molar-refractivity contribution in [1.82, 2.24) is 0 Å². The highest BCUT2D eigenvalue weighted by Crippen LogP contribution is 2.60. The molecule has 0 aliphatic heterocycles. The predicted molar refractivity (Wildman–Crippen MR) is 65.4 cm³/mol. The average Bonchev–Trinajstić information content (AvgIpc) is 2.22. The molecule has 0 aromatic rings. The maximum Gasteiger partial charge on any atom is 0.395 e. The predicted octanol–water partition coefficient (Wildman–Crippen LogP) is 3.73. The smallest absolute Gasteiger partial charge is 0.395 e. The number of halogens is 3. The number of carbonyl (C=O) groups is 1. The van der Waals surface area contributed by atoms with Gasteiger partial charge in [0.25, 0.3) is 0 Å². The van der Waals surface area contributed by atoms with Gasteiger partial charge in [-0.1, -0.05) is 0 Å². The summed E-state index contributed by atoms with van der Waals surface area (Å²) in [5.41, 5.74) is 0.00264. The van der Waals surface area contributed by atoms with Crippen LogP contribution in [0.1, 0.15) is 38.5 Å². The second-order valence-corrected chi connectivity index (χ2v) is 7.49. The summed E-state index contributed by atoms with van der Waals surface area (Å²) in [5, 5.41) is 0. The monoisotopic (exact) mass is 322 g/mol. The van der Waals surface area contributed by atoms with Gasteiger partial charge in [0.2, 0.25) is 0 Å². The van der Waals surface area contributed by atoms with Gasteiger partial charge in [-0.2, -0.15) is 8.78 Å². The van der Waals surface area contributed by atoms with E-state index in [1.54, 1.807) is 0 Å². The van der Waals surface area contributed by atoms with Gasteiger partial charge in [-0.05, 0) is 56.3 Å². The standard InChI is InChI=1S/C13H17BrF2O2/c14-13(15,16)11(17)18-7-12-4-8-1-9(5-12)3-10(2-8)6-12/h8-10H,1-7H2. The fourth-order valence-electron chi connectivity index (χ4n) is 4.77. The molecule has 0 radical (unpaired) electrons. The normalized spacial score (nSPS) is 42.1. The molecule has 4 bridgehead atoms. The molecule has 4 rings (SSSR count). The molecule has 4 fully saturated rings. The van der Waals surface area contributed by atoms with Gasteiger partial charge in [0.1, 0.15) is 0 Å². The van der Waals surface area contributed by atoms with Crippen molar-refractivity contribution in [3.8, 4) is 0 Å². The van der Waals surface area contributed by atoms with Crippen LogP contribution in [0.4, 0.5) is 8.78 Å².